The van der Waals surface area contributed by atoms with Gasteiger partial charge in [-0.05, 0) is 37.6 Å². The van der Waals surface area contributed by atoms with Crippen molar-refractivity contribution in [1.82, 2.24) is 5.43 Å². The summed E-state index contributed by atoms with van der Waals surface area (Å²) >= 11 is 6.20. The Labute approximate surface area is 161 Å². The van der Waals surface area contributed by atoms with Crippen LogP contribution < -0.4 is 14.9 Å². The number of benzene rings is 2. The van der Waals surface area contributed by atoms with Gasteiger partial charge >= 0.3 is 5.91 Å². The van der Waals surface area contributed by atoms with Gasteiger partial charge in [0.05, 0.1) is 25.0 Å². The Bertz CT molecular complexity index is 1010. The van der Waals surface area contributed by atoms with E-state index in [1.54, 1.807) is 12.1 Å². The van der Waals surface area contributed by atoms with Gasteiger partial charge in [-0.25, -0.2) is 5.43 Å². The van der Waals surface area contributed by atoms with Gasteiger partial charge < -0.3 is 13.9 Å². The van der Waals surface area contributed by atoms with E-state index in [2.05, 4.69) is 10.5 Å². The molecule has 1 amide bonds. The highest BCUT2D eigenvalue weighted by Crippen LogP contribution is 2.35. The summed E-state index contributed by atoms with van der Waals surface area (Å²) in [6.07, 6.45) is 1.48. The fourth-order valence-corrected chi connectivity index (χ4v) is 3.03. The van der Waals surface area contributed by atoms with Crippen LogP contribution in [0.15, 0.2) is 45.9 Å². The van der Waals surface area contributed by atoms with Crippen molar-refractivity contribution < 1.29 is 18.7 Å². The van der Waals surface area contributed by atoms with Crippen molar-refractivity contribution in [3.8, 4) is 11.5 Å². The maximum atomic E-state index is 12.4. The molecule has 0 aliphatic heterocycles. The Hall–Kier alpha value is -2.99. The van der Waals surface area contributed by atoms with Crippen LogP contribution in [-0.4, -0.2) is 25.8 Å². The normalized spacial score (nSPS) is 11.1. The number of nitrogens with one attached hydrogen (secondary N) is 1. The SMILES string of the molecule is CCOc1cc(/C=N\NC(=O)c2oc3ccccc3c2C)cc(Cl)c1OC. The lowest BCUT2D eigenvalue weighted by atomic mass is 10.1. The number of carbonyl (C=O) groups excluding carboxylic acids is 1. The summed E-state index contributed by atoms with van der Waals surface area (Å²) in [5.41, 5.74) is 4.56. The predicted octanol–water partition coefficient (Wildman–Crippen LogP) is 4.57. The molecule has 3 rings (SSSR count). The maximum absolute atomic E-state index is 12.4. The van der Waals surface area contributed by atoms with E-state index in [9.17, 15) is 4.79 Å². The summed E-state index contributed by atoms with van der Waals surface area (Å²) in [5, 5.41) is 5.28. The molecule has 3 aromatic rings. The Morgan fingerprint density at radius 3 is 2.81 bits per heavy atom. The molecule has 0 atom stereocenters. The van der Waals surface area contributed by atoms with E-state index in [4.69, 9.17) is 25.5 Å². The van der Waals surface area contributed by atoms with Gasteiger partial charge in [-0.2, -0.15) is 5.10 Å². The molecule has 6 nitrogen and oxygen atoms in total. The quantitative estimate of drug-likeness (QED) is 0.497. The number of carbonyl (C=O) groups is 1. The molecular formula is C20H19ClN2O4. The lowest BCUT2D eigenvalue weighted by molar-refractivity contribution is 0.0929. The first-order chi connectivity index (χ1) is 13.0. The number of halogens is 1. The van der Waals surface area contributed by atoms with Gasteiger partial charge in [0.2, 0.25) is 0 Å². The number of furan rings is 1. The molecule has 0 aliphatic carbocycles. The molecule has 0 spiro atoms. The van der Waals surface area contributed by atoms with Crippen LogP contribution in [0.4, 0.5) is 0 Å². The summed E-state index contributed by atoms with van der Waals surface area (Å²) in [5.74, 6) is 0.770. The molecule has 27 heavy (non-hydrogen) atoms. The molecule has 0 saturated carbocycles. The second-order valence-corrected chi connectivity index (χ2v) is 6.13. The van der Waals surface area contributed by atoms with E-state index in [1.165, 1.54) is 13.3 Å². The van der Waals surface area contributed by atoms with Gasteiger partial charge in [-0.3, -0.25) is 4.79 Å². The van der Waals surface area contributed by atoms with Crippen LogP contribution in [0.2, 0.25) is 5.02 Å². The number of fused-ring (bicyclic) bond motifs is 1. The van der Waals surface area contributed by atoms with Gasteiger partial charge in [0.25, 0.3) is 0 Å². The first kappa shape index (κ1) is 18.8. The minimum Gasteiger partial charge on any atom is -0.491 e. The zero-order valence-corrected chi connectivity index (χ0v) is 16.0. The van der Waals surface area contributed by atoms with Gasteiger partial charge in [0, 0.05) is 10.9 Å². The van der Waals surface area contributed by atoms with Crippen molar-refractivity contribution in [2.45, 2.75) is 13.8 Å². The van der Waals surface area contributed by atoms with E-state index in [0.717, 1.165) is 10.9 Å². The van der Waals surface area contributed by atoms with Crippen LogP contribution in [0.25, 0.3) is 11.0 Å². The fourth-order valence-electron chi connectivity index (χ4n) is 2.73. The molecule has 7 heteroatoms. The number of nitrogens with zero attached hydrogens (tertiary/aromatic N) is 1. The number of amides is 1. The van der Waals surface area contributed by atoms with Crippen molar-refractivity contribution in [1.29, 1.82) is 0 Å². The lowest BCUT2D eigenvalue weighted by Gasteiger charge is -2.11. The predicted molar refractivity (Wildman–Crippen MR) is 105 cm³/mol. The molecule has 0 unspecified atom stereocenters. The van der Waals surface area contributed by atoms with Crippen LogP contribution in [0, 0.1) is 6.92 Å². The van der Waals surface area contributed by atoms with Crippen LogP contribution in [0.1, 0.15) is 28.6 Å². The number of methoxy groups -OCH3 is 1. The fraction of sp³-hybridized carbons (Fsp3) is 0.200. The van der Waals surface area contributed by atoms with E-state index in [0.29, 0.717) is 34.3 Å². The first-order valence-corrected chi connectivity index (χ1v) is 8.74. The maximum Gasteiger partial charge on any atom is 0.307 e. The number of para-hydroxylation sites is 1. The molecule has 140 valence electrons. The monoisotopic (exact) mass is 386 g/mol. The number of rotatable bonds is 6. The van der Waals surface area contributed by atoms with Crippen molar-refractivity contribution >= 4 is 34.7 Å². The third kappa shape index (κ3) is 3.90. The summed E-state index contributed by atoms with van der Waals surface area (Å²) in [6, 6.07) is 10.9. The third-order valence-corrected chi connectivity index (χ3v) is 4.25. The molecule has 1 aromatic heterocycles. The molecule has 0 fully saturated rings. The second kappa shape index (κ2) is 8.14. The van der Waals surface area contributed by atoms with E-state index < -0.39 is 5.91 Å². The van der Waals surface area contributed by atoms with E-state index in [-0.39, 0.29) is 5.76 Å². The van der Waals surface area contributed by atoms with E-state index in [1.807, 2.05) is 38.1 Å². The van der Waals surface area contributed by atoms with Crippen LogP contribution in [0.5, 0.6) is 11.5 Å². The third-order valence-electron chi connectivity index (χ3n) is 3.97. The lowest BCUT2D eigenvalue weighted by Crippen LogP contribution is -2.17. The number of hydrogen-bond acceptors (Lipinski definition) is 5. The molecular weight excluding hydrogens is 368 g/mol. The smallest absolute Gasteiger partial charge is 0.307 e. The minimum atomic E-state index is -0.426. The van der Waals surface area contributed by atoms with Crippen molar-refractivity contribution in [3.63, 3.8) is 0 Å². The van der Waals surface area contributed by atoms with Crippen molar-refractivity contribution in [3.05, 3.63) is 58.3 Å². The first-order valence-electron chi connectivity index (χ1n) is 8.37. The van der Waals surface area contributed by atoms with Crippen molar-refractivity contribution in [2.24, 2.45) is 5.10 Å². The van der Waals surface area contributed by atoms with Crippen LogP contribution >= 0.6 is 11.6 Å². The topological polar surface area (TPSA) is 73.1 Å². The highest BCUT2D eigenvalue weighted by molar-refractivity contribution is 6.32. The zero-order valence-electron chi connectivity index (χ0n) is 15.2. The number of hydrazone groups is 1. The van der Waals surface area contributed by atoms with Gasteiger partial charge in [-0.1, -0.05) is 29.8 Å². The molecule has 0 bridgehead atoms. The Kier molecular flexibility index (Phi) is 5.66. The number of aryl methyl sites for hydroxylation is 1. The molecule has 1 heterocycles. The average molecular weight is 387 g/mol. The van der Waals surface area contributed by atoms with Crippen LogP contribution in [0.3, 0.4) is 0 Å². The molecule has 1 N–H and O–H groups in total. The molecule has 2 aromatic carbocycles. The zero-order chi connectivity index (χ0) is 19.4. The highest BCUT2D eigenvalue weighted by atomic mass is 35.5. The Balaban J connectivity index is 1.78. The largest absolute Gasteiger partial charge is 0.491 e. The molecule has 0 radical (unpaired) electrons. The van der Waals surface area contributed by atoms with Gasteiger partial charge in [0.15, 0.2) is 17.3 Å². The summed E-state index contributed by atoms with van der Waals surface area (Å²) in [7, 11) is 1.52. The van der Waals surface area contributed by atoms with Gasteiger partial charge in [-0.15, -0.1) is 0 Å². The highest BCUT2D eigenvalue weighted by Gasteiger charge is 2.17. The summed E-state index contributed by atoms with van der Waals surface area (Å²) in [6.45, 7) is 4.17. The van der Waals surface area contributed by atoms with Gasteiger partial charge in [0.1, 0.15) is 5.58 Å². The minimum absolute atomic E-state index is 0.233. The van der Waals surface area contributed by atoms with E-state index >= 15 is 0 Å². The average Bonchev–Trinajstić information content (AvgIpc) is 2.99. The summed E-state index contributed by atoms with van der Waals surface area (Å²) < 4.78 is 16.4. The Morgan fingerprint density at radius 2 is 2.11 bits per heavy atom. The number of ether oxygens (including phenoxy) is 2. The van der Waals surface area contributed by atoms with Crippen LogP contribution in [-0.2, 0) is 0 Å². The molecule has 0 aliphatic rings. The van der Waals surface area contributed by atoms with Crippen molar-refractivity contribution in [2.75, 3.05) is 13.7 Å². The summed E-state index contributed by atoms with van der Waals surface area (Å²) in [4.78, 5) is 12.4. The molecule has 0 saturated heterocycles. The number of hydrogen-bond donors (Lipinski definition) is 1. The standard InChI is InChI=1S/C20H19ClN2O4/c1-4-26-17-10-13(9-15(21)19(17)25-3)11-22-23-20(24)18-12(2)14-7-5-6-8-16(14)27-18/h5-11H,4H2,1-3H3,(H,23,24)/b22-11-. The Morgan fingerprint density at radius 1 is 1.33 bits per heavy atom. The second-order valence-electron chi connectivity index (χ2n) is 5.72.